The van der Waals surface area contributed by atoms with Crippen LogP contribution in [0.25, 0.3) is 0 Å². The summed E-state index contributed by atoms with van der Waals surface area (Å²) in [7, 11) is 0. The van der Waals surface area contributed by atoms with E-state index in [4.69, 9.17) is 14.2 Å². The molecular weight excluding hydrogens is 320 g/mol. The fourth-order valence-electron chi connectivity index (χ4n) is 2.96. The van der Waals surface area contributed by atoms with Crippen LogP contribution in [0, 0.1) is 0 Å². The third-order valence-corrected chi connectivity index (χ3v) is 4.34. The molecule has 5 heteroatoms. The van der Waals surface area contributed by atoms with Gasteiger partial charge in [-0.25, -0.2) is 0 Å². The van der Waals surface area contributed by atoms with Crippen LogP contribution in [0.2, 0.25) is 0 Å². The summed E-state index contributed by atoms with van der Waals surface area (Å²) in [6, 6.07) is 19.5. The van der Waals surface area contributed by atoms with Crippen LogP contribution in [0.1, 0.15) is 18.1 Å². The van der Waals surface area contributed by atoms with Crippen molar-refractivity contribution in [2.75, 3.05) is 0 Å². The SMILES string of the molecule is C[C@@H]1OC(O)[C@@H](O)[C@H](OCc2ccccc2)[C@H]1OCc1ccccc1. The molecule has 25 heavy (non-hydrogen) atoms. The Bertz CT molecular complexity index is 633. The first-order chi connectivity index (χ1) is 12.1. The van der Waals surface area contributed by atoms with Crippen molar-refractivity contribution < 1.29 is 24.4 Å². The molecule has 1 aliphatic rings. The van der Waals surface area contributed by atoms with Crippen molar-refractivity contribution in [3.63, 3.8) is 0 Å². The summed E-state index contributed by atoms with van der Waals surface area (Å²) in [6.07, 6.45) is -4.01. The van der Waals surface area contributed by atoms with Crippen molar-refractivity contribution >= 4 is 0 Å². The molecular formula is C20H24O5. The Morgan fingerprint density at radius 2 is 1.28 bits per heavy atom. The van der Waals surface area contributed by atoms with Crippen molar-refractivity contribution in [1.82, 2.24) is 0 Å². The molecule has 1 saturated heterocycles. The molecule has 2 N–H and O–H groups in total. The van der Waals surface area contributed by atoms with Crippen molar-refractivity contribution in [3.8, 4) is 0 Å². The minimum Gasteiger partial charge on any atom is -0.385 e. The Morgan fingerprint density at radius 3 is 1.80 bits per heavy atom. The summed E-state index contributed by atoms with van der Waals surface area (Å²) in [5.41, 5.74) is 2.02. The maximum atomic E-state index is 10.3. The number of hydrogen-bond acceptors (Lipinski definition) is 5. The first-order valence-corrected chi connectivity index (χ1v) is 8.48. The van der Waals surface area contributed by atoms with Gasteiger partial charge >= 0.3 is 0 Å². The summed E-state index contributed by atoms with van der Waals surface area (Å²) in [6.45, 7) is 2.52. The molecule has 1 heterocycles. The van der Waals surface area contributed by atoms with E-state index < -0.39 is 30.7 Å². The molecule has 0 spiro atoms. The number of rotatable bonds is 6. The molecule has 0 aliphatic carbocycles. The van der Waals surface area contributed by atoms with E-state index in [1.54, 1.807) is 0 Å². The van der Waals surface area contributed by atoms with Crippen LogP contribution in [0.5, 0.6) is 0 Å². The molecule has 2 aromatic carbocycles. The normalized spacial score (nSPS) is 29.5. The molecule has 1 aliphatic heterocycles. The fraction of sp³-hybridized carbons (Fsp3) is 0.400. The Balaban J connectivity index is 1.67. The van der Waals surface area contributed by atoms with Gasteiger partial charge < -0.3 is 24.4 Å². The van der Waals surface area contributed by atoms with Crippen LogP contribution in [0.4, 0.5) is 0 Å². The van der Waals surface area contributed by atoms with Crippen LogP contribution in [0.3, 0.4) is 0 Å². The van der Waals surface area contributed by atoms with Crippen LogP contribution in [0.15, 0.2) is 60.7 Å². The van der Waals surface area contributed by atoms with Gasteiger partial charge in [-0.05, 0) is 18.1 Å². The van der Waals surface area contributed by atoms with Gasteiger partial charge in [0.05, 0.1) is 19.3 Å². The predicted octanol–water partition coefficient (Wildman–Crippen LogP) is 2.26. The molecule has 134 valence electrons. The summed E-state index contributed by atoms with van der Waals surface area (Å²) in [4.78, 5) is 0. The van der Waals surface area contributed by atoms with Gasteiger partial charge in [0.1, 0.15) is 18.3 Å². The van der Waals surface area contributed by atoms with Gasteiger partial charge in [-0.3, -0.25) is 0 Å². The van der Waals surface area contributed by atoms with Gasteiger partial charge in [0, 0.05) is 0 Å². The average Bonchev–Trinajstić information content (AvgIpc) is 2.64. The van der Waals surface area contributed by atoms with E-state index in [-0.39, 0.29) is 0 Å². The van der Waals surface area contributed by atoms with Gasteiger partial charge in [-0.2, -0.15) is 0 Å². The number of aliphatic hydroxyl groups is 2. The third-order valence-electron chi connectivity index (χ3n) is 4.34. The third kappa shape index (κ3) is 4.66. The molecule has 0 saturated carbocycles. The van der Waals surface area contributed by atoms with E-state index in [2.05, 4.69) is 0 Å². The lowest BCUT2D eigenvalue weighted by Crippen LogP contribution is -2.58. The second-order valence-electron chi connectivity index (χ2n) is 6.24. The number of benzene rings is 2. The van der Waals surface area contributed by atoms with Gasteiger partial charge in [0.15, 0.2) is 6.29 Å². The van der Waals surface area contributed by atoms with E-state index in [1.165, 1.54) is 0 Å². The standard InChI is InChI=1S/C20H24O5/c1-14-18(23-12-15-8-4-2-5-9-15)19(17(21)20(22)25-14)24-13-16-10-6-3-7-11-16/h2-11,14,17-22H,12-13H2,1H3/t14-,17-,18-,19-,20?/m0/s1. The summed E-state index contributed by atoms with van der Waals surface area (Å²) in [5.74, 6) is 0. The lowest BCUT2D eigenvalue weighted by Gasteiger charge is -2.41. The quantitative estimate of drug-likeness (QED) is 0.841. The Labute approximate surface area is 147 Å². The van der Waals surface area contributed by atoms with Gasteiger partial charge in [-0.15, -0.1) is 0 Å². The van der Waals surface area contributed by atoms with E-state index in [1.807, 2.05) is 67.6 Å². The van der Waals surface area contributed by atoms with Crippen molar-refractivity contribution in [2.45, 2.75) is 50.8 Å². The molecule has 3 rings (SSSR count). The highest BCUT2D eigenvalue weighted by Gasteiger charge is 2.44. The maximum absolute atomic E-state index is 10.3. The Morgan fingerprint density at radius 1 is 0.800 bits per heavy atom. The Kier molecular flexibility index (Phi) is 6.18. The van der Waals surface area contributed by atoms with Crippen LogP contribution >= 0.6 is 0 Å². The minimum absolute atomic E-state index is 0.327. The Hall–Kier alpha value is -1.76. The van der Waals surface area contributed by atoms with E-state index in [0.717, 1.165) is 11.1 Å². The fourth-order valence-corrected chi connectivity index (χ4v) is 2.96. The lowest BCUT2D eigenvalue weighted by molar-refractivity contribution is -0.297. The second-order valence-corrected chi connectivity index (χ2v) is 6.24. The molecule has 2 aromatic rings. The van der Waals surface area contributed by atoms with E-state index in [0.29, 0.717) is 13.2 Å². The molecule has 0 aromatic heterocycles. The molecule has 5 nitrogen and oxygen atoms in total. The molecule has 1 fully saturated rings. The molecule has 1 unspecified atom stereocenters. The molecule has 0 amide bonds. The largest absolute Gasteiger partial charge is 0.385 e. The second kappa shape index (κ2) is 8.56. The van der Waals surface area contributed by atoms with Crippen LogP contribution in [-0.2, 0) is 27.4 Å². The zero-order valence-corrected chi connectivity index (χ0v) is 14.2. The maximum Gasteiger partial charge on any atom is 0.183 e. The highest BCUT2D eigenvalue weighted by Crippen LogP contribution is 2.26. The predicted molar refractivity (Wildman–Crippen MR) is 92.6 cm³/mol. The van der Waals surface area contributed by atoms with Crippen molar-refractivity contribution in [1.29, 1.82) is 0 Å². The van der Waals surface area contributed by atoms with Gasteiger partial charge in [-0.1, -0.05) is 60.7 Å². The first-order valence-electron chi connectivity index (χ1n) is 8.48. The lowest BCUT2D eigenvalue weighted by atomic mass is 9.99. The van der Waals surface area contributed by atoms with Crippen molar-refractivity contribution in [2.24, 2.45) is 0 Å². The van der Waals surface area contributed by atoms with Crippen LogP contribution in [-0.4, -0.2) is 40.9 Å². The van der Waals surface area contributed by atoms with Gasteiger partial charge in [0.25, 0.3) is 0 Å². The zero-order chi connectivity index (χ0) is 17.6. The van der Waals surface area contributed by atoms with Crippen LogP contribution < -0.4 is 0 Å². The molecule has 0 bridgehead atoms. The topological polar surface area (TPSA) is 68.2 Å². The smallest absolute Gasteiger partial charge is 0.183 e. The van der Waals surface area contributed by atoms with Gasteiger partial charge in [0.2, 0.25) is 0 Å². The number of hydrogen-bond donors (Lipinski definition) is 2. The zero-order valence-electron chi connectivity index (χ0n) is 14.2. The number of aliphatic hydroxyl groups excluding tert-OH is 2. The van der Waals surface area contributed by atoms with E-state index >= 15 is 0 Å². The van der Waals surface area contributed by atoms with E-state index in [9.17, 15) is 10.2 Å². The highest BCUT2D eigenvalue weighted by atomic mass is 16.7. The minimum atomic E-state index is -1.28. The monoisotopic (exact) mass is 344 g/mol. The first kappa shape index (κ1) is 18.0. The summed E-state index contributed by atoms with van der Waals surface area (Å²) >= 11 is 0. The summed E-state index contributed by atoms with van der Waals surface area (Å²) in [5, 5.41) is 20.2. The summed E-state index contributed by atoms with van der Waals surface area (Å²) < 4.78 is 17.3. The molecule has 5 atom stereocenters. The average molecular weight is 344 g/mol. The van der Waals surface area contributed by atoms with Crippen molar-refractivity contribution in [3.05, 3.63) is 71.8 Å². The highest BCUT2D eigenvalue weighted by molar-refractivity contribution is 5.14. The molecule has 0 radical (unpaired) electrons. The number of ether oxygens (including phenoxy) is 3.